The summed E-state index contributed by atoms with van der Waals surface area (Å²) in [6.45, 7) is 4.07. The summed E-state index contributed by atoms with van der Waals surface area (Å²) in [6.07, 6.45) is 0. The second kappa shape index (κ2) is 8.12. The summed E-state index contributed by atoms with van der Waals surface area (Å²) in [4.78, 5) is 2.31. The summed E-state index contributed by atoms with van der Waals surface area (Å²) in [6, 6.07) is 16.6. The van der Waals surface area contributed by atoms with E-state index in [-0.39, 0.29) is 4.90 Å². The number of aryl methyl sites for hydroxylation is 1. The molecule has 0 amide bonds. The zero-order valence-electron chi connectivity index (χ0n) is 15.9. The van der Waals surface area contributed by atoms with Crippen LogP contribution in [0.25, 0.3) is 5.57 Å². The van der Waals surface area contributed by atoms with Gasteiger partial charge in [0.2, 0.25) is 0 Å². The smallest absolute Gasteiger partial charge is 0.263 e. The number of hydrazine groups is 1. The van der Waals surface area contributed by atoms with Gasteiger partial charge in [0.15, 0.2) is 0 Å². The predicted octanol–water partition coefficient (Wildman–Crippen LogP) is 2.02. The Morgan fingerprint density at radius 3 is 2.37 bits per heavy atom. The van der Waals surface area contributed by atoms with Crippen molar-refractivity contribution in [1.82, 2.24) is 20.1 Å². The molecular formula is C20H26N4O2S. The number of sulfonamides is 1. The number of benzene rings is 2. The molecule has 1 aliphatic heterocycles. The van der Waals surface area contributed by atoms with Crippen LogP contribution in [0.15, 0.2) is 65.3 Å². The summed E-state index contributed by atoms with van der Waals surface area (Å²) in [5, 5.41) is 1.88. The number of nitrogens with one attached hydrogen (secondary N) is 2. The third-order valence-corrected chi connectivity index (χ3v) is 5.81. The van der Waals surface area contributed by atoms with E-state index < -0.39 is 10.0 Å². The highest BCUT2D eigenvalue weighted by atomic mass is 32.2. The summed E-state index contributed by atoms with van der Waals surface area (Å²) in [7, 11) is 0.322. The third kappa shape index (κ3) is 4.68. The second-order valence-electron chi connectivity index (χ2n) is 6.90. The maximum atomic E-state index is 12.9. The molecule has 0 aromatic heterocycles. The van der Waals surface area contributed by atoms with Gasteiger partial charge in [0.25, 0.3) is 10.0 Å². The van der Waals surface area contributed by atoms with Gasteiger partial charge in [-0.2, -0.15) is 0 Å². The molecule has 0 spiro atoms. The normalized spacial score (nSPS) is 14.9. The van der Waals surface area contributed by atoms with Crippen LogP contribution in [0.3, 0.4) is 0 Å². The van der Waals surface area contributed by atoms with Crippen molar-refractivity contribution in [2.24, 2.45) is 0 Å². The van der Waals surface area contributed by atoms with E-state index in [9.17, 15) is 8.42 Å². The van der Waals surface area contributed by atoms with E-state index in [0.29, 0.717) is 18.9 Å². The van der Waals surface area contributed by atoms with Crippen LogP contribution in [0.5, 0.6) is 0 Å². The fourth-order valence-corrected chi connectivity index (χ4v) is 4.01. The number of hydrogen-bond donors (Lipinski definition) is 2. The Morgan fingerprint density at radius 1 is 1.07 bits per heavy atom. The fourth-order valence-electron chi connectivity index (χ4n) is 2.89. The zero-order chi connectivity index (χ0) is 19.4. The molecule has 0 bridgehead atoms. The van der Waals surface area contributed by atoms with E-state index in [2.05, 4.69) is 15.0 Å². The Kier molecular flexibility index (Phi) is 5.84. The standard InChI is InChI=1S/C20H26N4O2S/c1-16-9-11-17(12-10-16)19-15-21-24(14-13-23(2)3)20(19)22-27(25,26)18-7-5-4-6-8-18/h4-12,21-22H,13-15H2,1-3H3. The average molecular weight is 387 g/mol. The molecule has 0 fully saturated rings. The summed E-state index contributed by atoms with van der Waals surface area (Å²) >= 11 is 0. The lowest BCUT2D eigenvalue weighted by molar-refractivity contribution is 0.240. The molecular weight excluding hydrogens is 360 g/mol. The first-order valence-corrected chi connectivity index (χ1v) is 10.4. The molecule has 0 saturated carbocycles. The molecule has 27 heavy (non-hydrogen) atoms. The highest BCUT2D eigenvalue weighted by Gasteiger charge is 2.27. The van der Waals surface area contributed by atoms with Gasteiger partial charge in [0, 0.05) is 25.2 Å². The van der Waals surface area contributed by atoms with E-state index in [1.165, 1.54) is 5.56 Å². The minimum Gasteiger partial charge on any atom is -0.308 e. The van der Waals surface area contributed by atoms with Gasteiger partial charge in [-0.25, -0.2) is 13.8 Å². The highest BCUT2D eigenvalue weighted by Crippen LogP contribution is 2.25. The minimum absolute atomic E-state index is 0.250. The lowest BCUT2D eigenvalue weighted by Crippen LogP contribution is -2.42. The van der Waals surface area contributed by atoms with E-state index in [1.54, 1.807) is 30.3 Å². The Bertz CT molecular complexity index is 907. The SMILES string of the molecule is Cc1ccc(C2=C(NS(=O)(=O)c3ccccc3)N(CCN(C)C)NC2)cc1. The Labute approximate surface area is 161 Å². The fraction of sp³-hybridized carbons (Fsp3) is 0.300. The quantitative estimate of drug-likeness (QED) is 0.762. The van der Waals surface area contributed by atoms with Crippen molar-refractivity contribution in [2.45, 2.75) is 11.8 Å². The third-order valence-electron chi connectivity index (χ3n) is 4.46. The summed E-state index contributed by atoms with van der Waals surface area (Å²) in [5.41, 5.74) is 6.42. The van der Waals surface area contributed by atoms with Crippen molar-refractivity contribution >= 4 is 15.6 Å². The largest absolute Gasteiger partial charge is 0.308 e. The molecule has 0 aliphatic carbocycles. The van der Waals surface area contributed by atoms with Gasteiger partial charge in [-0.1, -0.05) is 48.0 Å². The summed E-state index contributed by atoms with van der Waals surface area (Å²) in [5.74, 6) is 0.588. The Morgan fingerprint density at radius 2 is 1.74 bits per heavy atom. The molecule has 0 unspecified atom stereocenters. The van der Waals surface area contributed by atoms with Crippen LogP contribution in [0.2, 0.25) is 0 Å². The second-order valence-corrected chi connectivity index (χ2v) is 8.58. The van der Waals surface area contributed by atoms with Crippen LogP contribution in [-0.4, -0.2) is 52.1 Å². The number of hydrogen-bond acceptors (Lipinski definition) is 5. The Balaban J connectivity index is 1.97. The van der Waals surface area contributed by atoms with Crippen molar-refractivity contribution in [3.05, 3.63) is 71.5 Å². The van der Waals surface area contributed by atoms with Crippen molar-refractivity contribution in [3.63, 3.8) is 0 Å². The van der Waals surface area contributed by atoms with Crippen molar-refractivity contribution in [3.8, 4) is 0 Å². The first kappa shape index (κ1) is 19.4. The van der Waals surface area contributed by atoms with Crippen molar-refractivity contribution in [1.29, 1.82) is 0 Å². The molecule has 0 radical (unpaired) electrons. The van der Waals surface area contributed by atoms with Crippen LogP contribution in [0.4, 0.5) is 0 Å². The number of likely N-dealkylation sites (N-methyl/N-ethyl adjacent to an activating group) is 1. The molecule has 2 N–H and O–H groups in total. The predicted molar refractivity (Wildman–Crippen MR) is 108 cm³/mol. The molecule has 0 atom stereocenters. The molecule has 2 aromatic rings. The van der Waals surface area contributed by atoms with Crippen LogP contribution in [-0.2, 0) is 10.0 Å². The van der Waals surface area contributed by atoms with Gasteiger partial charge in [0.05, 0.1) is 4.90 Å². The van der Waals surface area contributed by atoms with E-state index in [4.69, 9.17) is 0 Å². The van der Waals surface area contributed by atoms with Gasteiger partial charge in [-0.3, -0.25) is 9.73 Å². The van der Waals surface area contributed by atoms with Gasteiger partial charge >= 0.3 is 0 Å². The van der Waals surface area contributed by atoms with Crippen molar-refractivity contribution < 1.29 is 8.42 Å². The maximum Gasteiger partial charge on any atom is 0.263 e. The first-order valence-electron chi connectivity index (χ1n) is 8.90. The molecule has 3 rings (SSSR count). The molecule has 2 aromatic carbocycles. The maximum absolute atomic E-state index is 12.9. The van der Waals surface area contributed by atoms with Crippen LogP contribution < -0.4 is 10.1 Å². The van der Waals surface area contributed by atoms with E-state index in [0.717, 1.165) is 17.7 Å². The molecule has 6 nitrogen and oxygen atoms in total. The van der Waals surface area contributed by atoms with Gasteiger partial charge < -0.3 is 4.90 Å². The molecule has 144 valence electrons. The topological polar surface area (TPSA) is 64.7 Å². The van der Waals surface area contributed by atoms with E-state index in [1.807, 2.05) is 50.3 Å². The monoisotopic (exact) mass is 386 g/mol. The van der Waals surface area contributed by atoms with Crippen molar-refractivity contribution in [2.75, 3.05) is 33.7 Å². The van der Waals surface area contributed by atoms with Gasteiger partial charge in [0.1, 0.15) is 5.82 Å². The molecule has 0 saturated heterocycles. The number of rotatable bonds is 7. The molecule has 7 heteroatoms. The zero-order valence-corrected chi connectivity index (χ0v) is 16.8. The average Bonchev–Trinajstić information content (AvgIpc) is 3.03. The van der Waals surface area contributed by atoms with Crippen LogP contribution in [0.1, 0.15) is 11.1 Å². The van der Waals surface area contributed by atoms with Gasteiger partial charge in [-0.05, 0) is 38.7 Å². The molecule has 1 aliphatic rings. The minimum atomic E-state index is -3.67. The van der Waals surface area contributed by atoms with E-state index >= 15 is 0 Å². The lowest BCUT2D eigenvalue weighted by Gasteiger charge is -2.25. The first-order chi connectivity index (χ1) is 12.9. The van der Waals surface area contributed by atoms with Gasteiger partial charge in [-0.15, -0.1) is 0 Å². The highest BCUT2D eigenvalue weighted by molar-refractivity contribution is 7.89. The number of nitrogens with zero attached hydrogens (tertiary/aromatic N) is 2. The van der Waals surface area contributed by atoms with Crippen LogP contribution >= 0.6 is 0 Å². The molecule has 1 heterocycles. The Hall–Kier alpha value is -2.35. The van der Waals surface area contributed by atoms with Crippen LogP contribution in [0, 0.1) is 6.92 Å². The lowest BCUT2D eigenvalue weighted by atomic mass is 10.1. The summed E-state index contributed by atoms with van der Waals surface area (Å²) < 4.78 is 28.6.